The molecule has 0 unspecified atom stereocenters. The molecule has 1 amide bonds. The van der Waals surface area contributed by atoms with Gasteiger partial charge in [-0.2, -0.15) is 0 Å². The van der Waals surface area contributed by atoms with Crippen LogP contribution in [-0.4, -0.2) is 24.2 Å². The third-order valence-electron chi connectivity index (χ3n) is 4.92. The topological polar surface area (TPSA) is 59.6 Å². The van der Waals surface area contributed by atoms with E-state index in [9.17, 15) is 4.79 Å². The number of ether oxygens (including phenoxy) is 2. The van der Waals surface area contributed by atoms with Gasteiger partial charge in [-0.25, -0.2) is 0 Å². The summed E-state index contributed by atoms with van der Waals surface area (Å²) >= 11 is 5.30. The van der Waals surface area contributed by atoms with Gasteiger partial charge in [0.05, 0.1) is 13.2 Å². The molecular formula is C27H30N2O3S. The largest absolute Gasteiger partial charge is 0.494 e. The molecule has 5 nitrogen and oxygen atoms in total. The molecule has 0 bridgehead atoms. The monoisotopic (exact) mass is 462 g/mol. The van der Waals surface area contributed by atoms with Gasteiger partial charge in [-0.05, 0) is 73.4 Å². The lowest BCUT2D eigenvalue weighted by atomic mass is 10.1. The zero-order chi connectivity index (χ0) is 23.3. The number of aryl methyl sites for hydroxylation is 1. The lowest BCUT2D eigenvalue weighted by molar-refractivity contribution is 0.0977. The second-order valence-electron chi connectivity index (χ2n) is 7.60. The molecular weight excluding hydrogens is 432 g/mol. The number of amides is 1. The van der Waals surface area contributed by atoms with E-state index in [1.54, 1.807) is 24.3 Å². The van der Waals surface area contributed by atoms with E-state index in [0.29, 0.717) is 18.8 Å². The van der Waals surface area contributed by atoms with Crippen molar-refractivity contribution in [1.82, 2.24) is 5.32 Å². The van der Waals surface area contributed by atoms with Gasteiger partial charge < -0.3 is 14.8 Å². The molecule has 3 rings (SSSR count). The van der Waals surface area contributed by atoms with Crippen LogP contribution in [0.4, 0.5) is 5.69 Å². The Morgan fingerprint density at radius 1 is 0.848 bits per heavy atom. The summed E-state index contributed by atoms with van der Waals surface area (Å²) in [6.45, 7) is 3.41. The van der Waals surface area contributed by atoms with Crippen molar-refractivity contribution >= 4 is 28.9 Å². The Labute approximate surface area is 201 Å². The summed E-state index contributed by atoms with van der Waals surface area (Å²) in [5, 5.41) is 5.97. The minimum Gasteiger partial charge on any atom is -0.494 e. The molecule has 3 aromatic rings. The van der Waals surface area contributed by atoms with Crippen LogP contribution in [0.5, 0.6) is 11.5 Å². The van der Waals surface area contributed by atoms with Gasteiger partial charge in [-0.15, -0.1) is 0 Å². The number of hydrogen-bond donors (Lipinski definition) is 2. The zero-order valence-electron chi connectivity index (χ0n) is 18.9. The van der Waals surface area contributed by atoms with Crippen molar-refractivity contribution in [3.63, 3.8) is 0 Å². The van der Waals surface area contributed by atoms with E-state index < -0.39 is 0 Å². The highest BCUT2D eigenvalue weighted by Gasteiger charge is 2.09. The van der Waals surface area contributed by atoms with E-state index in [0.717, 1.165) is 42.9 Å². The first kappa shape index (κ1) is 24.3. The van der Waals surface area contributed by atoms with Gasteiger partial charge in [0, 0.05) is 17.3 Å². The van der Waals surface area contributed by atoms with Crippen LogP contribution in [0.3, 0.4) is 0 Å². The summed E-state index contributed by atoms with van der Waals surface area (Å²) in [5.74, 6) is 1.23. The Kier molecular flexibility index (Phi) is 9.73. The summed E-state index contributed by atoms with van der Waals surface area (Å²) < 4.78 is 11.5. The molecule has 3 aromatic carbocycles. The summed E-state index contributed by atoms with van der Waals surface area (Å²) in [7, 11) is 0. The number of carbonyl (C=O) groups is 1. The molecule has 0 heterocycles. The number of rotatable bonds is 11. The zero-order valence-corrected chi connectivity index (χ0v) is 19.7. The fraction of sp³-hybridized carbons (Fsp3) is 0.259. The maximum absolute atomic E-state index is 12.5. The summed E-state index contributed by atoms with van der Waals surface area (Å²) in [4.78, 5) is 12.5. The standard InChI is InChI=1S/C27H30N2O3S/c1-2-3-18-31-24-16-14-22(15-17-24)26(30)29-27(33)28-23-12-7-13-25(20-23)32-19-8-11-21-9-5-4-6-10-21/h4-7,9-10,12-17,20H,2-3,8,11,18-19H2,1H3,(H2,28,29,30,33). The molecule has 0 aliphatic carbocycles. The summed E-state index contributed by atoms with van der Waals surface area (Å²) in [6.07, 6.45) is 3.98. The van der Waals surface area contributed by atoms with Crippen molar-refractivity contribution in [2.75, 3.05) is 18.5 Å². The normalized spacial score (nSPS) is 10.3. The number of anilines is 1. The summed E-state index contributed by atoms with van der Waals surface area (Å²) in [5.41, 5.74) is 2.56. The minimum absolute atomic E-state index is 0.226. The quantitative estimate of drug-likeness (QED) is 0.270. The number of thiocarbonyl (C=S) groups is 1. The number of nitrogens with one attached hydrogen (secondary N) is 2. The van der Waals surface area contributed by atoms with Gasteiger partial charge in [0.25, 0.3) is 5.91 Å². The van der Waals surface area contributed by atoms with Crippen LogP contribution in [0.15, 0.2) is 78.9 Å². The molecule has 0 aromatic heterocycles. The van der Waals surface area contributed by atoms with Crippen LogP contribution < -0.4 is 20.1 Å². The fourth-order valence-electron chi connectivity index (χ4n) is 3.15. The van der Waals surface area contributed by atoms with Crippen molar-refractivity contribution in [2.45, 2.75) is 32.6 Å². The van der Waals surface area contributed by atoms with Crippen LogP contribution in [-0.2, 0) is 6.42 Å². The SMILES string of the molecule is CCCCOc1ccc(C(=O)NC(=S)Nc2cccc(OCCCc3ccccc3)c2)cc1. The molecule has 0 aliphatic rings. The maximum atomic E-state index is 12.5. The highest BCUT2D eigenvalue weighted by molar-refractivity contribution is 7.80. The molecule has 0 atom stereocenters. The third-order valence-corrected chi connectivity index (χ3v) is 5.13. The first-order chi connectivity index (χ1) is 16.1. The number of unbranched alkanes of at least 4 members (excludes halogenated alkanes) is 1. The molecule has 172 valence electrons. The first-order valence-electron chi connectivity index (χ1n) is 11.3. The molecule has 33 heavy (non-hydrogen) atoms. The Hall–Kier alpha value is -3.38. The van der Waals surface area contributed by atoms with Crippen LogP contribution in [0.1, 0.15) is 42.1 Å². The van der Waals surface area contributed by atoms with Gasteiger partial charge >= 0.3 is 0 Å². The van der Waals surface area contributed by atoms with Crippen molar-refractivity contribution in [3.05, 3.63) is 90.0 Å². The van der Waals surface area contributed by atoms with Crippen molar-refractivity contribution < 1.29 is 14.3 Å². The average Bonchev–Trinajstić information content (AvgIpc) is 2.83. The van der Waals surface area contributed by atoms with Gasteiger partial charge in [0.2, 0.25) is 0 Å². The Morgan fingerprint density at radius 2 is 1.58 bits per heavy atom. The van der Waals surface area contributed by atoms with Crippen molar-refractivity contribution in [2.24, 2.45) is 0 Å². The predicted molar refractivity (Wildman–Crippen MR) is 137 cm³/mol. The highest BCUT2D eigenvalue weighted by atomic mass is 32.1. The Bertz CT molecular complexity index is 1020. The smallest absolute Gasteiger partial charge is 0.257 e. The van der Waals surface area contributed by atoms with Gasteiger partial charge in [-0.3, -0.25) is 10.1 Å². The molecule has 0 saturated heterocycles. The fourth-order valence-corrected chi connectivity index (χ4v) is 3.36. The molecule has 0 aliphatic heterocycles. The van der Waals surface area contributed by atoms with Crippen LogP contribution in [0.2, 0.25) is 0 Å². The van der Waals surface area contributed by atoms with E-state index in [-0.39, 0.29) is 11.0 Å². The van der Waals surface area contributed by atoms with E-state index in [2.05, 4.69) is 29.7 Å². The second-order valence-corrected chi connectivity index (χ2v) is 8.01. The molecule has 2 N–H and O–H groups in total. The van der Waals surface area contributed by atoms with Gasteiger partial charge in [0.1, 0.15) is 11.5 Å². The minimum atomic E-state index is -0.277. The van der Waals surface area contributed by atoms with E-state index in [1.807, 2.05) is 42.5 Å². The molecule has 0 spiro atoms. The van der Waals surface area contributed by atoms with Crippen molar-refractivity contribution in [1.29, 1.82) is 0 Å². The molecule has 0 saturated carbocycles. The second kappa shape index (κ2) is 13.2. The van der Waals surface area contributed by atoms with Crippen LogP contribution in [0.25, 0.3) is 0 Å². The molecule has 0 fully saturated rings. The van der Waals surface area contributed by atoms with E-state index in [4.69, 9.17) is 21.7 Å². The molecule has 6 heteroatoms. The number of benzene rings is 3. The third kappa shape index (κ3) is 8.58. The summed E-state index contributed by atoms with van der Waals surface area (Å²) in [6, 6.07) is 24.9. The average molecular weight is 463 g/mol. The lowest BCUT2D eigenvalue weighted by Gasteiger charge is -2.12. The Morgan fingerprint density at radius 3 is 2.33 bits per heavy atom. The van der Waals surface area contributed by atoms with Crippen LogP contribution in [0, 0.1) is 0 Å². The predicted octanol–water partition coefficient (Wildman–Crippen LogP) is 6.00. The number of carbonyl (C=O) groups excluding carboxylic acids is 1. The maximum Gasteiger partial charge on any atom is 0.257 e. The van der Waals surface area contributed by atoms with E-state index in [1.165, 1.54) is 5.56 Å². The highest BCUT2D eigenvalue weighted by Crippen LogP contribution is 2.18. The van der Waals surface area contributed by atoms with Crippen LogP contribution >= 0.6 is 12.2 Å². The van der Waals surface area contributed by atoms with Gasteiger partial charge in [0.15, 0.2) is 5.11 Å². The number of hydrogen-bond acceptors (Lipinski definition) is 4. The van der Waals surface area contributed by atoms with E-state index >= 15 is 0 Å². The van der Waals surface area contributed by atoms with Gasteiger partial charge in [-0.1, -0.05) is 49.7 Å². The van der Waals surface area contributed by atoms with Crippen molar-refractivity contribution in [3.8, 4) is 11.5 Å². The Balaban J connectivity index is 1.43. The molecule has 0 radical (unpaired) electrons. The lowest BCUT2D eigenvalue weighted by Crippen LogP contribution is -2.34. The first-order valence-corrected chi connectivity index (χ1v) is 11.7.